The summed E-state index contributed by atoms with van der Waals surface area (Å²) in [6.07, 6.45) is 3.84. The smallest absolute Gasteiger partial charge is 0.0948 e. The second-order valence-corrected chi connectivity index (χ2v) is 5.27. The minimum absolute atomic E-state index is 0.605. The van der Waals surface area contributed by atoms with Crippen molar-refractivity contribution in [3.8, 4) is 0 Å². The van der Waals surface area contributed by atoms with E-state index in [1.807, 2.05) is 12.5 Å². The Kier molecular flexibility index (Phi) is 6.36. The summed E-state index contributed by atoms with van der Waals surface area (Å²) in [5, 5.41) is 3.50. The van der Waals surface area contributed by atoms with Crippen molar-refractivity contribution in [2.45, 2.75) is 59.8 Å². The first kappa shape index (κ1) is 15.2. The van der Waals surface area contributed by atoms with Crippen molar-refractivity contribution in [3.05, 3.63) is 18.2 Å². The highest BCUT2D eigenvalue weighted by Gasteiger charge is 2.12. The first-order valence-electron chi connectivity index (χ1n) is 7.01. The molecule has 1 N–H and O–H groups in total. The SMILES string of the molecule is CCn1cncc1CNCCN(C(C)C)C(C)C. The summed E-state index contributed by atoms with van der Waals surface area (Å²) in [5.41, 5.74) is 1.26. The molecule has 0 aliphatic carbocycles. The Hall–Kier alpha value is -0.870. The van der Waals surface area contributed by atoms with Gasteiger partial charge in [-0.05, 0) is 34.6 Å². The van der Waals surface area contributed by atoms with Crippen LogP contribution in [0.1, 0.15) is 40.3 Å². The molecule has 0 unspecified atom stereocenters. The lowest BCUT2D eigenvalue weighted by molar-refractivity contribution is 0.175. The van der Waals surface area contributed by atoms with E-state index >= 15 is 0 Å². The highest BCUT2D eigenvalue weighted by atomic mass is 15.2. The molecule has 0 fully saturated rings. The third kappa shape index (κ3) is 4.42. The standard InChI is InChI=1S/C14H28N4/c1-6-17-11-16-10-14(17)9-15-7-8-18(12(2)3)13(4)5/h10-13,15H,6-9H2,1-5H3. The zero-order valence-electron chi connectivity index (χ0n) is 12.5. The molecule has 4 nitrogen and oxygen atoms in total. The van der Waals surface area contributed by atoms with E-state index in [0.29, 0.717) is 12.1 Å². The van der Waals surface area contributed by atoms with E-state index < -0.39 is 0 Å². The molecule has 0 radical (unpaired) electrons. The van der Waals surface area contributed by atoms with Crippen LogP contribution in [0.5, 0.6) is 0 Å². The van der Waals surface area contributed by atoms with Crippen LogP contribution >= 0.6 is 0 Å². The predicted molar refractivity (Wildman–Crippen MR) is 76.6 cm³/mol. The number of imidazole rings is 1. The Labute approximate surface area is 111 Å². The maximum Gasteiger partial charge on any atom is 0.0948 e. The second-order valence-electron chi connectivity index (χ2n) is 5.27. The summed E-state index contributed by atoms with van der Waals surface area (Å²) in [7, 11) is 0. The van der Waals surface area contributed by atoms with E-state index in [-0.39, 0.29) is 0 Å². The van der Waals surface area contributed by atoms with Crippen LogP contribution in [0.15, 0.2) is 12.5 Å². The van der Waals surface area contributed by atoms with E-state index in [0.717, 1.165) is 26.2 Å². The topological polar surface area (TPSA) is 33.1 Å². The Balaban J connectivity index is 2.30. The van der Waals surface area contributed by atoms with Crippen molar-refractivity contribution >= 4 is 0 Å². The van der Waals surface area contributed by atoms with E-state index in [4.69, 9.17) is 0 Å². The average molecular weight is 252 g/mol. The van der Waals surface area contributed by atoms with Gasteiger partial charge in [-0.2, -0.15) is 0 Å². The Morgan fingerprint density at radius 2 is 1.94 bits per heavy atom. The Morgan fingerprint density at radius 1 is 1.28 bits per heavy atom. The Morgan fingerprint density at radius 3 is 2.50 bits per heavy atom. The van der Waals surface area contributed by atoms with Crippen LogP contribution in [0.2, 0.25) is 0 Å². The molecule has 0 spiro atoms. The highest BCUT2D eigenvalue weighted by Crippen LogP contribution is 2.03. The lowest BCUT2D eigenvalue weighted by atomic mass is 10.2. The maximum atomic E-state index is 4.18. The summed E-state index contributed by atoms with van der Waals surface area (Å²) in [6.45, 7) is 15.2. The monoisotopic (exact) mass is 252 g/mol. The van der Waals surface area contributed by atoms with Gasteiger partial charge in [0, 0.05) is 44.5 Å². The summed E-state index contributed by atoms with van der Waals surface area (Å²) < 4.78 is 2.18. The minimum atomic E-state index is 0.605. The second kappa shape index (κ2) is 7.54. The highest BCUT2D eigenvalue weighted by molar-refractivity contribution is 4.97. The van der Waals surface area contributed by atoms with Gasteiger partial charge < -0.3 is 9.88 Å². The van der Waals surface area contributed by atoms with E-state index in [2.05, 4.69) is 54.4 Å². The van der Waals surface area contributed by atoms with Gasteiger partial charge in [0.2, 0.25) is 0 Å². The summed E-state index contributed by atoms with van der Waals surface area (Å²) in [5.74, 6) is 0. The number of hydrogen-bond donors (Lipinski definition) is 1. The number of aryl methyl sites for hydroxylation is 1. The fourth-order valence-corrected chi connectivity index (χ4v) is 2.32. The lowest BCUT2D eigenvalue weighted by Gasteiger charge is -2.30. The zero-order chi connectivity index (χ0) is 13.5. The first-order valence-corrected chi connectivity index (χ1v) is 7.01. The maximum absolute atomic E-state index is 4.18. The molecule has 1 aromatic heterocycles. The molecule has 0 aromatic carbocycles. The first-order chi connectivity index (χ1) is 8.56. The van der Waals surface area contributed by atoms with Crippen LogP contribution in [0.25, 0.3) is 0 Å². The van der Waals surface area contributed by atoms with Gasteiger partial charge in [-0.25, -0.2) is 4.98 Å². The van der Waals surface area contributed by atoms with E-state index in [9.17, 15) is 0 Å². The van der Waals surface area contributed by atoms with Crippen LogP contribution in [-0.2, 0) is 13.1 Å². The van der Waals surface area contributed by atoms with Gasteiger partial charge >= 0.3 is 0 Å². The molecule has 18 heavy (non-hydrogen) atoms. The number of nitrogens with zero attached hydrogens (tertiary/aromatic N) is 3. The number of hydrogen-bond acceptors (Lipinski definition) is 3. The van der Waals surface area contributed by atoms with E-state index in [1.165, 1.54) is 5.69 Å². The number of aromatic nitrogens is 2. The molecule has 1 heterocycles. The lowest BCUT2D eigenvalue weighted by Crippen LogP contribution is -2.41. The molecular formula is C14H28N4. The van der Waals surface area contributed by atoms with Crippen molar-refractivity contribution in [2.24, 2.45) is 0 Å². The quantitative estimate of drug-likeness (QED) is 0.719. The molecule has 1 aromatic rings. The summed E-state index contributed by atoms with van der Waals surface area (Å²) in [4.78, 5) is 6.68. The molecule has 0 aliphatic rings. The van der Waals surface area contributed by atoms with Gasteiger partial charge in [0.15, 0.2) is 0 Å². The molecule has 0 aliphatic heterocycles. The zero-order valence-corrected chi connectivity index (χ0v) is 12.5. The van der Waals surface area contributed by atoms with Crippen molar-refractivity contribution in [2.75, 3.05) is 13.1 Å². The van der Waals surface area contributed by atoms with Gasteiger partial charge in [0.25, 0.3) is 0 Å². The molecule has 4 heteroatoms. The predicted octanol–water partition coefficient (Wildman–Crippen LogP) is 2.11. The fourth-order valence-electron chi connectivity index (χ4n) is 2.32. The van der Waals surface area contributed by atoms with E-state index in [1.54, 1.807) is 0 Å². The molecular weight excluding hydrogens is 224 g/mol. The van der Waals surface area contributed by atoms with Crippen LogP contribution in [0.4, 0.5) is 0 Å². The largest absolute Gasteiger partial charge is 0.334 e. The number of nitrogens with one attached hydrogen (secondary N) is 1. The molecule has 1 rings (SSSR count). The number of rotatable bonds is 8. The molecule has 0 amide bonds. The summed E-state index contributed by atoms with van der Waals surface area (Å²) >= 11 is 0. The average Bonchev–Trinajstić information content (AvgIpc) is 2.75. The van der Waals surface area contributed by atoms with Crippen LogP contribution < -0.4 is 5.32 Å². The molecule has 0 saturated heterocycles. The van der Waals surface area contributed by atoms with Crippen LogP contribution in [-0.4, -0.2) is 39.6 Å². The van der Waals surface area contributed by atoms with Gasteiger partial charge in [-0.3, -0.25) is 4.90 Å². The molecule has 104 valence electrons. The fraction of sp³-hybridized carbons (Fsp3) is 0.786. The normalized spacial score (nSPS) is 12.0. The van der Waals surface area contributed by atoms with Gasteiger partial charge in [-0.1, -0.05) is 0 Å². The summed E-state index contributed by atoms with van der Waals surface area (Å²) in [6, 6.07) is 1.21. The minimum Gasteiger partial charge on any atom is -0.334 e. The van der Waals surface area contributed by atoms with Gasteiger partial charge in [-0.15, -0.1) is 0 Å². The third-order valence-corrected chi connectivity index (χ3v) is 3.32. The van der Waals surface area contributed by atoms with Gasteiger partial charge in [0.05, 0.1) is 12.0 Å². The molecule has 0 saturated carbocycles. The molecule has 0 bridgehead atoms. The van der Waals surface area contributed by atoms with Crippen molar-refractivity contribution < 1.29 is 0 Å². The van der Waals surface area contributed by atoms with Gasteiger partial charge in [0.1, 0.15) is 0 Å². The Bertz CT molecular complexity index is 322. The third-order valence-electron chi connectivity index (χ3n) is 3.32. The van der Waals surface area contributed by atoms with Crippen molar-refractivity contribution in [1.29, 1.82) is 0 Å². The van der Waals surface area contributed by atoms with Crippen LogP contribution in [0, 0.1) is 0 Å². The molecule has 0 atom stereocenters. The van der Waals surface area contributed by atoms with Crippen LogP contribution in [0.3, 0.4) is 0 Å². The van der Waals surface area contributed by atoms with Crippen molar-refractivity contribution in [3.63, 3.8) is 0 Å². The van der Waals surface area contributed by atoms with Crippen molar-refractivity contribution in [1.82, 2.24) is 19.8 Å².